The molecule has 0 bridgehead atoms. The molecule has 10 heteroatoms. The van der Waals surface area contributed by atoms with Crippen molar-refractivity contribution >= 4 is 26.2 Å². The molecular weight excluding hydrogens is 504 g/mol. The molecule has 0 radical (unpaired) electrons. The van der Waals surface area contributed by atoms with Crippen LogP contribution in [0.4, 0.5) is 0 Å². The molecule has 3 aliphatic rings. The average Bonchev–Trinajstić information content (AvgIpc) is 2.82. The first kappa shape index (κ1) is 29.6. The van der Waals surface area contributed by atoms with Crippen molar-refractivity contribution in [2.24, 2.45) is 5.92 Å². The number of rotatable bonds is 3. The second-order valence-electron chi connectivity index (χ2n) is 9.32. The van der Waals surface area contributed by atoms with Crippen molar-refractivity contribution in [1.82, 2.24) is 0 Å². The Kier molecular flexibility index (Phi) is 15.9. The summed E-state index contributed by atoms with van der Waals surface area (Å²) in [5, 5.41) is 24.7. The number of carbonyl (C=O) groups excluding carboxylic acids is 1. The van der Waals surface area contributed by atoms with E-state index in [1.165, 1.54) is 25.7 Å². The second kappa shape index (κ2) is 17.7. The zero-order valence-corrected chi connectivity index (χ0v) is 22.7. The van der Waals surface area contributed by atoms with Gasteiger partial charge in [0.1, 0.15) is 0 Å². The quantitative estimate of drug-likeness (QED) is 0.302. The number of fused-ring (bicyclic) bond motifs is 2. The molecule has 5 atom stereocenters. The Labute approximate surface area is 215 Å². The summed E-state index contributed by atoms with van der Waals surface area (Å²) in [5.74, 6) is -0.282. The minimum absolute atomic E-state index is 0.00694. The van der Waals surface area contributed by atoms with E-state index in [4.69, 9.17) is 51.5 Å². The maximum absolute atomic E-state index is 11.9. The van der Waals surface area contributed by atoms with E-state index in [1.807, 2.05) is 13.8 Å². The van der Waals surface area contributed by atoms with Gasteiger partial charge in [-0.25, -0.2) is 0 Å². The monoisotopic (exact) mass is 543 g/mol. The van der Waals surface area contributed by atoms with Crippen molar-refractivity contribution in [3.05, 3.63) is 26.6 Å². The van der Waals surface area contributed by atoms with Crippen LogP contribution in [0.15, 0.2) is 0 Å². The summed E-state index contributed by atoms with van der Waals surface area (Å²) in [6.45, 7) is 7.66. The fraction of sp³-hybridized carbons (Fsp3) is 0.957. The van der Waals surface area contributed by atoms with Crippen LogP contribution >= 0.6 is 20.2 Å². The Morgan fingerprint density at radius 1 is 0.788 bits per heavy atom. The van der Waals surface area contributed by atoms with Crippen LogP contribution in [0.1, 0.15) is 65.2 Å². The summed E-state index contributed by atoms with van der Waals surface area (Å²) in [6.07, 6.45) is 9.48. The number of ether oxygens (including phenoxy) is 1. The van der Waals surface area contributed by atoms with Gasteiger partial charge in [0.2, 0.25) is 0 Å². The number of halogens is 2. The van der Waals surface area contributed by atoms with Crippen LogP contribution in [0.3, 0.4) is 0 Å². The van der Waals surface area contributed by atoms with Gasteiger partial charge in [0.25, 0.3) is 0 Å². The first-order valence-corrected chi connectivity index (χ1v) is 15.7. The van der Waals surface area contributed by atoms with E-state index < -0.39 is 0 Å². The maximum atomic E-state index is 11.9. The van der Waals surface area contributed by atoms with Gasteiger partial charge in [0.15, 0.2) is 0 Å². The SMILES string of the molecule is CC(C)C(=O)OC[C@@H]1C[N-][C@@H]2CCCC[C@H]2[N-]CC[N-]C2CCCCC2[N-]CC[N-]1.[Cl][Mn][Cl]. The number of hydrogen-bond donors (Lipinski definition) is 0. The summed E-state index contributed by atoms with van der Waals surface area (Å²) in [6, 6.07) is 1.19. The van der Waals surface area contributed by atoms with Crippen LogP contribution in [-0.2, 0) is 22.7 Å². The fourth-order valence-corrected chi connectivity index (χ4v) is 4.71. The minimum atomic E-state index is -0.164. The third kappa shape index (κ3) is 11.8. The molecule has 0 N–H and O–H groups in total. The Morgan fingerprint density at radius 2 is 1.18 bits per heavy atom. The van der Waals surface area contributed by atoms with E-state index in [1.54, 1.807) is 0 Å². The van der Waals surface area contributed by atoms with E-state index in [2.05, 4.69) is 0 Å². The molecule has 2 unspecified atom stereocenters. The standard InChI is InChI=1S/C23H40N5O2.2ClH.Mn/c1-17(2)23(29)30-16-18-15-28-22-10-6-5-9-21(22)27-14-13-26-20-8-4-3-7-19(20)25-12-11-24-18;;;/h17-22H,3-16H2,1-2H3;2*1H;/q-5;;;+2/p-2/t18-,19?,20?,21+,22+;;;/m0.../s1. The van der Waals surface area contributed by atoms with Crippen molar-refractivity contribution in [2.45, 2.75) is 95.4 Å². The van der Waals surface area contributed by atoms with Gasteiger partial charge in [-0.2, -0.15) is 56.9 Å². The molecular formula is C23H40Cl2MnN5O2-5. The molecule has 3 fully saturated rings. The third-order valence-corrected chi connectivity index (χ3v) is 6.51. The van der Waals surface area contributed by atoms with E-state index in [-0.39, 0.29) is 37.1 Å². The molecule has 0 aromatic heterocycles. The van der Waals surface area contributed by atoms with Gasteiger partial charge in [-0.1, -0.05) is 65.2 Å². The summed E-state index contributed by atoms with van der Waals surface area (Å²) >= 11 is 0.00694. The molecule has 0 amide bonds. The molecule has 0 spiro atoms. The fourth-order valence-electron chi connectivity index (χ4n) is 4.71. The van der Waals surface area contributed by atoms with E-state index in [0.717, 1.165) is 45.3 Å². The van der Waals surface area contributed by atoms with Gasteiger partial charge in [-0.05, 0) is 0 Å². The molecule has 3 rings (SSSR count). The first-order valence-electron chi connectivity index (χ1n) is 12.4. The van der Waals surface area contributed by atoms with Gasteiger partial charge >= 0.3 is 39.3 Å². The third-order valence-electron chi connectivity index (χ3n) is 6.51. The summed E-state index contributed by atoms with van der Waals surface area (Å²) in [4.78, 5) is 11.9. The number of nitrogens with zero attached hydrogens (tertiary/aromatic N) is 5. The van der Waals surface area contributed by atoms with Crippen LogP contribution in [0.25, 0.3) is 26.6 Å². The van der Waals surface area contributed by atoms with Crippen molar-refractivity contribution < 1.29 is 22.7 Å². The van der Waals surface area contributed by atoms with Crippen molar-refractivity contribution in [3.8, 4) is 0 Å². The molecule has 7 nitrogen and oxygen atoms in total. The van der Waals surface area contributed by atoms with Crippen LogP contribution in [0.5, 0.6) is 0 Å². The molecule has 33 heavy (non-hydrogen) atoms. The molecule has 1 aliphatic heterocycles. The topological polar surface area (TPSA) is 96.8 Å². The predicted octanol–water partition coefficient (Wildman–Crippen LogP) is 6.44. The van der Waals surface area contributed by atoms with Crippen LogP contribution in [0.2, 0.25) is 0 Å². The average molecular weight is 544 g/mol. The molecule has 0 aromatic carbocycles. The van der Waals surface area contributed by atoms with Crippen LogP contribution in [0, 0.1) is 5.92 Å². The number of carbonyl (C=O) groups is 1. The first-order chi connectivity index (χ1) is 16.0. The Hall–Kier alpha value is 0.369. The van der Waals surface area contributed by atoms with E-state index >= 15 is 0 Å². The summed E-state index contributed by atoms with van der Waals surface area (Å²) < 4.78 is 5.49. The molecule has 1 saturated heterocycles. The Bertz CT molecular complexity index is 535. The molecule has 2 saturated carbocycles. The normalized spacial score (nSPS) is 32.2. The van der Waals surface area contributed by atoms with Gasteiger partial charge < -0.3 is 31.3 Å². The van der Waals surface area contributed by atoms with Crippen molar-refractivity contribution in [3.63, 3.8) is 0 Å². The van der Waals surface area contributed by atoms with Gasteiger partial charge in [-0.3, -0.25) is 4.79 Å². The van der Waals surface area contributed by atoms with Crippen molar-refractivity contribution in [2.75, 3.05) is 39.3 Å². The molecule has 2 aliphatic carbocycles. The van der Waals surface area contributed by atoms with Gasteiger partial charge in [0.05, 0.1) is 12.5 Å². The van der Waals surface area contributed by atoms with E-state index in [9.17, 15) is 4.79 Å². The van der Waals surface area contributed by atoms with Crippen LogP contribution in [-0.4, -0.2) is 75.5 Å². The zero-order chi connectivity index (χ0) is 23.9. The van der Waals surface area contributed by atoms with Gasteiger partial charge in [-0.15, -0.1) is 6.04 Å². The summed E-state index contributed by atoms with van der Waals surface area (Å²) in [5.41, 5.74) is 0. The predicted molar refractivity (Wildman–Crippen MR) is 135 cm³/mol. The number of esters is 1. The summed E-state index contributed by atoms with van der Waals surface area (Å²) in [7, 11) is 9.59. The Morgan fingerprint density at radius 3 is 1.61 bits per heavy atom. The van der Waals surface area contributed by atoms with E-state index in [0.29, 0.717) is 37.8 Å². The second-order valence-corrected chi connectivity index (χ2v) is 11.3. The van der Waals surface area contributed by atoms with Crippen LogP contribution < -0.4 is 0 Å². The molecule has 195 valence electrons. The Balaban J connectivity index is 0.00000122. The van der Waals surface area contributed by atoms with Gasteiger partial charge in [0, 0.05) is 0 Å². The molecule has 0 aromatic rings. The van der Waals surface area contributed by atoms with Crippen molar-refractivity contribution in [1.29, 1.82) is 0 Å². The molecule has 1 heterocycles. The zero-order valence-electron chi connectivity index (χ0n) is 20.1. The number of hydrogen-bond acceptors (Lipinski definition) is 2.